The highest BCUT2D eigenvalue weighted by Crippen LogP contribution is 2.25. The molecule has 92 valence electrons. The molecule has 0 atom stereocenters. The summed E-state index contributed by atoms with van der Waals surface area (Å²) in [7, 11) is 0. The second-order valence-corrected chi connectivity index (χ2v) is 5.03. The summed E-state index contributed by atoms with van der Waals surface area (Å²) in [6.45, 7) is 0.735. The number of nitrogens with two attached hydrogens (primary N) is 1. The number of thiazole rings is 1. The van der Waals surface area contributed by atoms with E-state index in [1.165, 1.54) is 16.9 Å². The summed E-state index contributed by atoms with van der Waals surface area (Å²) in [6, 6.07) is 9.74. The molecule has 2 aromatic rings. The fraction of sp³-hybridized carbons (Fsp3) is 0.167. The van der Waals surface area contributed by atoms with Gasteiger partial charge in [-0.05, 0) is 24.1 Å². The van der Waals surface area contributed by atoms with E-state index < -0.39 is 0 Å². The molecule has 0 aliphatic carbocycles. The molecule has 0 saturated carbocycles. The highest BCUT2D eigenvalue weighted by atomic mass is 35.5. The summed E-state index contributed by atoms with van der Waals surface area (Å²) in [5.74, 6) is 0. The van der Waals surface area contributed by atoms with E-state index in [0.717, 1.165) is 18.7 Å². The maximum absolute atomic E-state index is 8.76. The Morgan fingerprint density at radius 2 is 2.11 bits per heavy atom. The van der Waals surface area contributed by atoms with E-state index in [1.54, 1.807) is 0 Å². The number of anilines is 2. The van der Waals surface area contributed by atoms with Crippen molar-refractivity contribution in [2.75, 3.05) is 17.6 Å². The summed E-state index contributed by atoms with van der Waals surface area (Å²) in [6.07, 6.45) is 0.860. The van der Waals surface area contributed by atoms with Crippen LogP contribution in [-0.4, -0.2) is 11.5 Å². The van der Waals surface area contributed by atoms with Gasteiger partial charge in [-0.3, -0.25) is 0 Å². The maximum Gasteiger partial charge on any atom is 0.185 e. The van der Waals surface area contributed by atoms with E-state index in [4.69, 9.17) is 22.6 Å². The van der Waals surface area contributed by atoms with Crippen LogP contribution in [0.5, 0.6) is 0 Å². The molecular formula is C12H11ClN4S. The lowest BCUT2D eigenvalue weighted by atomic mass is 10.1. The first kappa shape index (κ1) is 12.7. The fourth-order valence-corrected chi connectivity index (χ4v) is 2.42. The molecule has 0 aliphatic heterocycles. The fourth-order valence-electron chi connectivity index (χ4n) is 1.44. The van der Waals surface area contributed by atoms with Gasteiger partial charge in [-0.2, -0.15) is 5.26 Å². The van der Waals surface area contributed by atoms with Crippen molar-refractivity contribution >= 4 is 33.8 Å². The third-order valence-electron chi connectivity index (χ3n) is 2.36. The Kier molecular flexibility index (Phi) is 4.03. The average Bonchev–Trinajstić information content (AvgIpc) is 2.72. The van der Waals surface area contributed by atoms with Crippen molar-refractivity contribution < 1.29 is 0 Å². The predicted molar refractivity (Wildman–Crippen MR) is 74.9 cm³/mol. The monoisotopic (exact) mass is 278 g/mol. The van der Waals surface area contributed by atoms with Gasteiger partial charge in [0, 0.05) is 12.2 Å². The van der Waals surface area contributed by atoms with Crippen molar-refractivity contribution in [3.8, 4) is 6.07 Å². The van der Waals surface area contributed by atoms with Crippen LogP contribution in [-0.2, 0) is 6.42 Å². The summed E-state index contributed by atoms with van der Waals surface area (Å²) in [5, 5.41) is 12.8. The Hall–Kier alpha value is -1.77. The van der Waals surface area contributed by atoms with Gasteiger partial charge in [0.25, 0.3) is 0 Å². The SMILES string of the molecule is N#Cc1sc(NCCc2ccc(N)cc2)nc1Cl. The van der Waals surface area contributed by atoms with Crippen LogP contribution in [0.15, 0.2) is 24.3 Å². The molecule has 4 nitrogen and oxygen atoms in total. The van der Waals surface area contributed by atoms with Gasteiger partial charge in [-0.1, -0.05) is 35.1 Å². The second kappa shape index (κ2) is 5.71. The highest BCUT2D eigenvalue weighted by Gasteiger charge is 2.07. The zero-order valence-corrected chi connectivity index (χ0v) is 11.1. The highest BCUT2D eigenvalue weighted by molar-refractivity contribution is 7.16. The van der Waals surface area contributed by atoms with Crippen molar-refractivity contribution in [3.63, 3.8) is 0 Å². The number of halogens is 1. The minimum Gasteiger partial charge on any atom is -0.399 e. The van der Waals surface area contributed by atoms with Gasteiger partial charge in [0.05, 0.1) is 0 Å². The number of nitrogens with one attached hydrogen (secondary N) is 1. The Labute approximate surface area is 114 Å². The van der Waals surface area contributed by atoms with Crippen LogP contribution < -0.4 is 11.1 Å². The lowest BCUT2D eigenvalue weighted by Crippen LogP contribution is -2.04. The van der Waals surface area contributed by atoms with E-state index in [2.05, 4.69) is 10.3 Å². The van der Waals surface area contributed by atoms with Gasteiger partial charge in [0.2, 0.25) is 0 Å². The zero-order valence-electron chi connectivity index (χ0n) is 9.48. The normalized spacial score (nSPS) is 10.0. The number of hydrogen-bond acceptors (Lipinski definition) is 5. The van der Waals surface area contributed by atoms with Crippen LogP contribution in [0.1, 0.15) is 10.4 Å². The molecular weight excluding hydrogens is 268 g/mol. The number of benzene rings is 1. The van der Waals surface area contributed by atoms with E-state index in [9.17, 15) is 0 Å². The molecule has 2 rings (SSSR count). The average molecular weight is 279 g/mol. The van der Waals surface area contributed by atoms with Crippen molar-refractivity contribution in [2.45, 2.75) is 6.42 Å². The molecule has 0 radical (unpaired) electrons. The van der Waals surface area contributed by atoms with Crippen molar-refractivity contribution in [3.05, 3.63) is 39.9 Å². The van der Waals surface area contributed by atoms with Gasteiger partial charge in [0.1, 0.15) is 10.9 Å². The van der Waals surface area contributed by atoms with Crippen LogP contribution in [0.4, 0.5) is 10.8 Å². The van der Waals surface area contributed by atoms with E-state index in [0.29, 0.717) is 10.0 Å². The van der Waals surface area contributed by atoms with Gasteiger partial charge < -0.3 is 11.1 Å². The molecule has 6 heteroatoms. The Morgan fingerprint density at radius 1 is 1.39 bits per heavy atom. The van der Waals surface area contributed by atoms with E-state index in [-0.39, 0.29) is 5.15 Å². The molecule has 3 N–H and O–H groups in total. The summed E-state index contributed by atoms with van der Waals surface area (Å²) in [5.41, 5.74) is 7.57. The molecule has 0 saturated heterocycles. The third kappa shape index (κ3) is 3.13. The minimum absolute atomic E-state index is 0.262. The zero-order chi connectivity index (χ0) is 13.0. The molecule has 1 heterocycles. The van der Waals surface area contributed by atoms with Crippen molar-refractivity contribution in [2.24, 2.45) is 0 Å². The lowest BCUT2D eigenvalue weighted by molar-refractivity contribution is 1.02. The molecule has 18 heavy (non-hydrogen) atoms. The van der Waals surface area contributed by atoms with Crippen molar-refractivity contribution in [1.29, 1.82) is 5.26 Å². The smallest absolute Gasteiger partial charge is 0.185 e. The van der Waals surface area contributed by atoms with Gasteiger partial charge in [0.15, 0.2) is 10.3 Å². The Bertz CT molecular complexity index is 571. The first-order valence-corrected chi connectivity index (χ1v) is 6.53. The van der Waals surface area contributed by atoms with Crippen molar-refractivity contribution in [1.82, 2.24) is 4.98 Å². The van der Waals surface area contributed by atoms with Gasteiger partial charge in [-0.15, -0.1) is 0 Å². The molecule has 0 unspecified atom stereocenters. The first-order valence-electron chi connectivity index (χ1n) is 5.34. The molecule has 0 aliphatic rings. The van der Waals surface area contributed by atoms with E-state index >= 15 is 0 Å². The molecule has 0 spiro atoms. The number of nitrogens with zero attached hydrogens (tertiary/aromatic N) is 2. The quantitative estimate of drug-likeness (QED) is 0.843. The standard InChI is InChI=1S/C12H11ClN4S/c13-11-10(7-14)18-12(17-11)16-6-5-8-1-3-9(15)4-2-8/h1-4H,5-6,15H2,(H,16,17). The predicted octanol–water partition coefficient (Wildman–Crippen LogP) is 2.90. The second-order valence-electron chi connectivity index (χ2n) is 3.67. The number of nitrogen functional groups attached to an aromatic ring is 1. The molecule has 0 amide bonds. The number of rotatable bonds is 4. The summed E-state index contributed by atoms with van der Waals surface area (Å²) < 4.78 is 0. The minimum atomic E-state index is 0.262. The molecule has 1 aromatic carbocycles. The molecule has 0 bridgehead atoms. The maximum atomic E-state index is 8.76. The summed E-state index contributed by atoms with van der Waals surface area (Å²) in [4.78, 5) is 4.49. The molecule has 1 aromatic heterocycles. The topological polar surface area (TPSA) is 74.7 Å². The van der Waals surface area contributed by atoms with Crippen LogP contribution >= 0.6 is 22.9 Å². The Balaban J connectivity index is 1.88. The molecule has 0 fully saturated rings. The van der Waals surface area contributed by atoms with Crippen LogP contribution in [0.3, 0.4) is 0 Å². The summed E-state index contributed by atoms with van der Waals surface area (Å²) >= 11 is 7.04. The van der Waals surface area contributed by atoms with Crippen LogP contribution in [0.25, 0.3) is 0 Å². The number of nitriles is 1. The Morgan fingerprint density at radius 3 is 2.72 bits per heavy atom. The van der Waals surface area contributed by atoms with Gasteiger partial charge in [-0.25, -0.2) is 4.98 Å². The largest absolute Gasteiger partial charge is 0.399 e. The third-order valence-corrected chi connectivity index (χ3v) is 3.66. The first-order chi connectivity index (χ1) is 8.69. The van der Waals surface area contributed by atoms with E-state index in [1.807, 2.05) is 30.3 Å². The number of hydrogen-bond donors (Lipinski definition) is 2. The van der Waals surface area contributed by atoms with Crippen LogP contribution in [0.2, 0.25) is 5.15 Å². The van der Waals surface area contributed by atoms with Crippen LogP contribution in [0, 0.1) is 11.3 Å². The lowest BCUT2D eigenvalue weighted by Gasteiger charge is -2.03. The number of aromatic nitrogens is 1. The van der Waals surface area contributed by atoms with Gasteiger partial charge >= 0.3 is 0 Å².